The molecule has 0 aliphatic carbocycles. The lowest BCUT2D eigenvalue weighted by molar-refractivity contribution is -0.139. The molecule has 0 radical (unpaired) electrons. The summed E-state index contributed by atoms with van der Waals surface area (Å²) in [6.45, 7) is 1.50. The Balaban J connectivity index is 1.20. The van der Waals surface area contributed by atoms with E-state index in [1.165, 1.54) is 0 Å². The van der Waals surface area contributed by atoms with Crippen molar-refractivity contribution in [2.45, 2.75) is 38.2 Å². The smallest absolute Gasteiger partial charge is 0.263 e. The molecule has 2 heterocycles. The van der Waals surface area contributed by atoms with Gasteiger partial charge in [-0.3, -0.25) is 9.59 Å². The first kappa shape index (κ1) is 18.5. The van der Waals surface area contributed by atoms with Crippen LogP contribution in [0.3, 0.4) is 0 Å². The van der Waals surface area contributed by atoms with E-state index in [0.717, 1.165) is 49.4 Å². The van der Waals surface area contributed by atoms with Crippen molar-refractivity contribution < 1.29 is 14.3 Å². The lowest BCUT2D eigenvalue weighted by atomic mass is 9.91. The minimum atomic E-state index is -0.384. The number of fused-ring (bicyclic) bond motifs is 1. The molecule has 0 aromatic heterocycles. The third kappa shape index (κ3) is 4.35. The summed E-state index contributed by atoms with van der Waals surface area (Å²) in [5.41, 5.74) is 1.95. The van der Waals surface area contributed by atoms with Gasteiger partial charge in [0.05, 0.1) is 0 Å². The Kier molecular flexibility index (Phi) is 5.60. The van der Waals surface area contributed by atoms with Crippen LogP contribution in [0.15, 0.2) is 54.6 Å². The number of anilines is 1. The van der Waals surface area contributed by atoms with Crippen molar-refractivity contribution in [2.75, 3.05) is 18.4 Å². The number of ether oxygens (including phenoxy) is 1. The Labute approximate surface area is 165 Å². The number of likely N-dealkylation sites (tertiary alicyclic amines) is 1. The highest BCUT2D eigenvalue weighted by atomic mass is 16.5. The number of piperidine rings is 1. The molecule has 1 saturated heterocycles. The van der Waals surface area contributed by atoms with Crippen molar-refractivity contribution in [3.8, 4) is 5.75 Å². The Morgan fingerprint density at radius 3 is 2.46 bits per heavy atom. The summed E-state index contributed by atoms with van der Waals surface area (Å²) in [7, 11) is 0. The van der Waals surface area contributed by atoms with E-state index in [4.69, 9.17) is 4.74 Å². The van der Waals surface area contributed by atoms with E-state index < -0.39 is 0 Å². The molecule has 4 rings (SSSR count). The van der Waals surface area contributed by atoms with Crippen molar-refractivity contribution >= 4 is 17.5 Å². The van der Waals surface area contributed by atoms with Crippen LogP contribution in [0.5, 0.6) is 5.75 Å². The predicted octanol–water partition coefficient (Wildman–Crippen LogP) is 3.65. The quantitative estimate of drug-likeness (QED) is 0.864. The lowest BCUT2D eigenvalue weighted by Gasteiger charge is -2.33. The Morgan fingerprint density at radius 1 is 1.00 bits per heavy atom. The van der Waals surface area contributed by atoms with Crippen molar-refractivity contribution in [3.05, 3.63) is 60.2 Å². The van der Waals surface area contributed by atoms with E-state index in [9.17, 15) is 9.59 Å². The first-order chi connectivity index (χ1) is 13.7. The van der Waals surface area contributed by atoms with Gasteiger partial charge in [0.15, 0.2) is 6.10 Å². The Hall–Kier alpha value is -2.82. The highest BCUT2D eigenvalue weighted by molar-refractivity contribution is 5.90. The number of nitrogens with zero attached hydrogens (tertiary/aromatic N) is 1. The number of hydrogen-bond acceptors (Lipinski definition) is 3. The van der Waals surface area contributed by atoms with Crippen LogP contribution in [0, 0.1) is 5.92 Å². The summed E-state index contributed by atoms with van der Waals surface area (Å²) >= 11 is 0. The monoisotopic (exact) mass is 378 g/mol. The van der Waals surface area contributed by atoms with Gasteiger partial charge in [-0.15, -0.1) is 0 Å². The predicted molar refractivity (Wildman–Crippen MR) is 108 cm³/mol. The molecule has 2 aliphatic rings. The number of benzene rings is 2. The third-order valence-electron chi connectivity index (χ3n) is 5.69. The maximum absolute atomic E-state index is 12.8. The molecule has 1 N–H and O–H groups in total. The summed E-state index contributed by atoms with van der Waals surface area (Å²) in [4.78, 5) is 26.8. The highest BCUT2D eigenvalue weighted by Gasteiger charge is 2.33. The maximum atomic E-state index is 12.8. The van der Waals surface area contributed by atoms with Gasteiger partial charge in [-0.1, -0.05) is 36.4 Å². The fraction of sp³-hybridized carbons (Fsp3) is 0.391. The molecule has 0 unspecified atom stereocenters. The van der Waals surface area contributed by atoms with Crippen LogP contribution in [0.1, 0.15) is 31.2 Å². The molecule has 28 heavy (non-hydrogen) atoms. The topological polar surface area (TPSA) is 58.6 Å². The minimum absolute atomic E-state index is 0.0572. The van der Waals surface area contributed by atoms with Gasteiger partial charge in [0.25, 0.3) is 5.91 Å². The van der Waals surface area contributed by atoms with E-state index in [1.807, 2.05) is 59.5 Å². The molecule has 0 bridgehead atoms. The van der Waals surface area contributed by atoms with Crippen LogP contribution in [-0.4, -0.2) is 35.9 Å². The molecule has 2 aromatic rings. The van der Waals surface area contributed by atoms with E-state index >= 15 is 0 Å². The van der Waals surface area contributed by atoms with E-state index in [-0.39, 0.29) is 17.9 Å². The van der Waals surface area contributed by atoms with Gasteiger partial charge in [-0.2, -0.15) is 0 Å². The van der Waals surface area contributed by atoms with Gasteiger partial charge < -0.3 is 15.0 Å². The summed E-state index contributed by atoms with van der Waals surface area (Å²) in [5.74, 6) is 1.48. The molecule has 0 saturated carbocycles. The first-order valence-electron chi connectivity index (χ1n) is 10.1. The summed E-state index contributed by atoms with van der Waals surface area (Å²) in [6, 6.07) is 17.4. The summed E-state index contributed by atoms with van der Waals surface area (Å²) < 4.78 is 5.84. The normalized spacial score (nSPS) is 19.0. The zero-order valence-corrected chi connectivity index (χ0v) is 16.0. The fourth-order valence-corrected chi connectivity index (χ4v) is 4.05. The molecule has 146 valence electrons. The van der Waals surface area contributed by atoms with Crippen LogP contribution in [0.25, 0.3) is 0 Å². The van der Waals surface area contributed by atoms with Gasteiger partial charge >= 0.3 is 0 Å². The molecular formula is C23H26N2O3. The maximum Gasteiger partial charge on any atom is 0.263 e. The van der Waals surface area contributed by atoms with Crippen molar-refractivity contribution in [1.82, 2.24) is 4.90 Å². The van der Waals surface area contributed by atoms with Crippen LogP contribution < -0.4 is 10.1 Å². The number of para-hydroxylation sites is 2. The van der Waals surface area contributed by atoms with Crippen LogP contribution >= 0.6 is 0 Å². The van der Waals surface area contributed by atoms with Crippen molar-refractivity contribution in [2.24, 2.45) is 5.92 Å². The largest absolute Gasteiger partial charge is 0.480 e. The second kappa shape index (κ2) is 8.46. The number of amides is 2. The van der Waals surface area contributed by atoms with Crippen LogP contribution in [-0.2, 0) is 16.0 Å². The number of hydrogen-bond donors (Lipinski definition) is 1. The third-order valence-corrected chi connectivity index (χ3v) is 5.69. The highest BCUT2D eigenvalue weighted by Crippen LogP contribution is 2.30. The number of carbonyl (C=O) groups excluding carboxylic acids is 2. The summed E-state index contributed by atoms with van der Waals surface area (Å²) in [6.07, 6.45) is 3.56. The standard InChI is InChI=1S/C23H26N2O3/c26-22(24-19-7-2-1-3-8-19)11-10-17-12-14-25(15-13-17)23(27)21-16-18-6-4-5-9-20(18)28-21/h1-9,17,21H,10-16H2,(H,24,26)/t21-/m1/s1. The Bertz CT molecular complexity index is 804. The van der Waals surface area contributed by atoms with Crippen molar-refractivity contribution in [1.29, 1.82) is 0 Å². The SMILES string of the molecule is O=C(CCC1CCN(C(=O)[C@H]2Cc3ccccc3O2)CC1)Nc1ccccc1. The zero-order chi connectivity index (χ0) is 19.3. The van der Waals surface area contributed by atoms with Crippen LogP contribution in [0.4, 0.5) is 5.69 Å². The minimum Gasteiger partial charge on any atom is -0.480 e. The first-order valence-corrected chi connectivity index (χ1v) is 10.1. The fourth-order valence-electron chi connectivity index (χ4n) is 4.05. The van der Waals surface area contributed by atoms with E-state index in [0.29, 0.717) is 18.8 Å². The molecule has 2 aromatic carbocycles. The number of rotatable bonds is 5. The molecule has 2 amide bonds. The number of carbonyl (C=O) groups is 2. The molecule has 1 atom stereocenters. The van der Waals surface area contributed by atoms with Gasteiger partial charge in [-0.05, 0) is 48.9 Å². The average molecular weight is 378 g/mol. The van der Waals surface area contributed by atoms with Crippen LogP contribution in [0.2, 0.25) is 0 Å². The van der Waals surface area contributed by atoms with Gasteiger partial charge in [-0.25, -0.2) is 0 Å². The van der Waals surface area contributed by atoms with Gasteiger partial charge in [0.2, 0.25) is 5.91 Å². The summed E-state index contributed by atoms with van der Waals surface area (Å²) in [5, 5.41) is 2.93. The van der Waals surface area contributed by atoms with E-state index in [2.05, 4.69) is 5.32 Å². The molecule has 2 aliphatic heterocycles. The lowest BCUT2D eigenvalue weighted by Crippen LogP contribution is -2.45. The second-order valence-corrected chi connectivity index (χ2v) is 7.64. The molecular weight excluding hydrogens is 352 g/mol. The molecule has 1 fully saturated rings. The second-order valence-electron chi connectivity index (χ2n) is 7.64. The zero-order valence-electron chi connectivity index (χ0n) is 16.0. The van der Waals surface area contributed by atoms with Gasteiger partial charge in [0.1, 0.15) is 5.75 Å². The molecule has 5 heteroatoms. The average Bonchev–Trinajstić information content (AvgIpc) is 3.17. The number of nitrogens with one attached hydrogen (secondary N) is 1. The van der Waals surface area contributed by atoms with Gasteiger partial charge in [0, 0.05) is 31.6 Å². The van der Waals surface area contributed by atoms with Crippen molar-refractivity contribution in [3.63, 3.8) is 0 Å². The Morgan fingerprint density at radius 2 is 1.71 bits per heavy atom. The molecule has 5 nitrogen and oxygen atoms in total. The van der Waals surface area contributed by atoms with E-state index in [1.54, 1.807) is 0 Å². The molecule has 0 spiro atoms.